The monoisotopic (exact) mass is 444 g/mol. The Bertz CT molecular complexity index is 984. The van der Waals surface area contributed by atoms with Gasteiger partial charge in [-0.15, -0.1) is 0 Å². The summed E-state index contributed by atoms with van der Waals surface area (Å²) < 4.78 is 32.1. The largest absolute Gasteiger partial charge is 0.453 e. The van der Waals surface area contributed by atoms with Gasteiger partial charge < -0.3 is 10.1 Å². The minimum Gasteiger partial charge on any atom is -0.453 e. The first-order valence-electron chi connectivity index (χ1n) is 10.5. The third-order valence-electron chi connectivity index (χ3n) is 5.21. The molecular weight excluding hydrogens is 416 g/mol. The molecule has 0 bridgehead atoms. The highest BCUT2D eigenvalue weighted by molar-refractivity contribution is 7.89. The zero-order valence-electron chi connectivity index (χ0n) is 17.6. The van der Waals surface area contributed by atoms with E-state index in [0.717, 1.165) is 24.8 Å². The first-order valence-corrected chi connectivity index (χ1v) is 11.9. The molecule has 0 aliphatic carbocycles. The van der Waals surface area contributed by atoms with Crippen LogP contribution in [0.4, 0.5) is 5.69 Å². The molecule has 0 radical (unpaired) electrons. The van der Waals surface area contributed by atoms with Crippen LogP contribution in [0.15, 0.2) is 59.5 Å². The van der Waals surface area contributed by atoms with Crippen LogP contribution in [0.2, 0.25) is 0 Å². The molecule has 7 nitrogen and oxygen atoms in total. The summed E-state index contributed by atoms with van der Waals surface area (Å²) >= 11 is 0. The van der Waals surface area contributed by atoms with E-state index in [4.69, 9.17) is 4.74 Å². The summed E-state index contributed by atoms with van der Waals surface area (Å²) in [4.78, 5) is 24.6. The first-order chi connectivity index (χ1) is 14.9. The molecule has 1 fully saturated rings. The fourth-order valence-corrected chi connectivity index (χ4v) is 4.93. The number of carbonyl (C=O) groups is 2. The van der Waals surface area contributed by atoms with Gasteiger partial charge in [0.2, 0.25) is 10.0 Å². The molecule has 31 heavy (non-hydrogen) atoms. The molecule has 8 heteroatoms. The molecule has 3 rings (SSSR count). The minimum atomic E-state index is -3.52. The summed E-state index contributed by atoms with van der Waals surface area (Å²) in [6, 6.07) is 15.6. The Hall–Kier alpha value is -2.71. The molecule has 1 atom stereocenters. The Morgan fingerprint density at radius 3 is 2.29 bits per heavy atom. The number of piperidine rings is 1. The average molecular weight is 445 g/mol. The van der Waals surface area contributed by atoms with Crippen LogP contribution in [-0.2, 0) is 30.8 Å². The van der Waals surface area contributed by atoms with Crippen molar-refractivity contribution in [2.75, 3.05) is 18.4 Å². The van der Waals surface area contributed by atoms with Crippen LogP contribution >= 0.6 is 0 Å². The predicted octanol–water partition coefficient (Wildman–Crippen LogP) is 3.36. The third-order valence-corrected chi connectivity index (χ3v) is 7.13. The quantitative estimate of drug-likeness (QED) is 0.630. The molecule has 2 aromatic carbocycles. The lowest BCUT2D eigenvalue weighted by Gasteiger charge is -2.25. The number of rotatable bonds is 8. The lowest BCUT2D eigenvalue weighted by molar-refractivity contribution is -0.153. The van der Waals surface area contributed by atoms with Crippen LogP contribution in [0.25, 0.3) is 0 Å². The summed E-state index contributed by atoms with van der Waals surface area (Å²) in [5.41, 5.74) is 1.46. The number of carbonyl (C=O) groups excluding carboxylic acids is 2. The fraction of sp³-hybridized carbons (Fsp3) is 0.391. The van der Waals surface area contributed by atoms with E-state index < -0.39 is 28.0 Å². The molecule has 0 saturated carbocycles. The maximum absolute atomic E-state index is 12.7. The second-order valence-electron chi connectivity index (χ2n) is 7.60. The molecule has 1 heterocycles. The van der Waals surface area contributed by atoms with E-state index in [0.29, 0.717) is 25.2 Å². The Balaban J connectivity index is 1.50. The van der Waals surface area contributed by atoms with E-state index in [1.54, 1.807) is 12.1 Å². The number of nitrogens with zero attached hydrogens (tertiary/aromatic N) is 1. The van der Waals surface area contributed by atoms with E-state index in [2.05, 4.69) is 5.32 Å². The molecule has 1 unspecified atom stereocenters. The number of ether oxygens (including phenoxy) is 1. The van der Waals surface area contributed by atoms with Crippen molar-refractivity contribution in [2.45, 2.75) is 50.0 Å². The van der Waals surface area contributed by atoms with Crippen LogP contribution in [0, 0.1) is 0 Å². The van der Waals surface area contributed by atoms with Crippen molar-refractivity contribution < 1.29 is 22.7 Å². The second-order valence-corrected chi connectivity index (χ2v) is 9.53. The van der Waals surface area contributed by atoms with Crippen molar-refractivity contribution in [3.63, 3.8) is 0 Å². The van der Waals surface area contributed by atoms with Gasteiger partial charge in [0, 0.05) is 25.2 Å². The van der Waals surface area contributed by atoms with Crippen LogP contribution < -0.4 is 5.32 Å². The summed E-state index contributed by atoms with van der Waals surface area (Å²) in [6.45, 7) is 2.58. The average Bonchev–Trinajstić information content (AvgIpc) is 2.79. The Morgan fingerprint density at radius 2 is 1.65 bits per heavy atom. The number of hydrogen-bond donors (Lipinski definition) is 1. The van der Waals surface area contributed by atoms with E-state index in [1.165, 1.54) is 23.4 Å². The van der Waals surface area contributed by atoms with Crippen molar-refractivity contribution in [2.24, 2.45) is 0 Å². The molecule has 0 aromatic heterocycles. The van der Waals surface area contributed by atoms with Gasteiger partial charge in [-0.2, -0.15) is 4.31 Å². The highest BCUT2D eigenvalue weighted by Crippen LogP contribution is 2.22. The molecule has 166 valence electrons. The van der Waals surface area contributed by atoms with E-state index >= 15 is 0 Å². The van der Waals surface area contributed by atoms with Gasteiger partial charge in [0.25, 0.3) is 5.91 Å². The molecule has 1 amide bonds. The Labute approximate surface area is 183 Å². The van der Waals surface area contributed by atoms with Crippen molar-refractivity contribution in [1.29, 1.82) is 0 Å². The van der Waals surface area contributed by atoms with Crippen LogP contribution in [-0.4, -0.2) is 43.8 Å². The number of benzene rings is 2. The van der Waals surface area contributed by atoms with Crippen LogP contribution in [0.5, 0.6) is 0 Å². The number of nitrogens with one attached hydrogen (secondary N) is 1. The lowest BCUT2D eigenvalue weighted by Crippen LogP contribution is -2.35. The molecular formula is C23H28N2O5S. The van der Waals surface area contributed by atoms with Crippen molar-refractivity contribution in [3.8, 4) is 0 Å². The number of esters is 1. The number of hydrogen-bond acceptors (Lipinski definition) is 5. The van der Waals surface area contributed by atoms with Gasteiger partial charge >= 0.3 is 5.97 Å². The minimum absolute atomic E-state index is 0.185. The Kier molecular flexibility index (Phi) is 7.81. The van der Waals surface area contributed by atoms with Gasteiger partial charge in [0.1, 0.15) is 0 Å². The third kappa shape index (κ3) is 6.38. The van der Waals surface area contributed by atoms with Gasteiger partial charge in [-0.25, -0.2) is 8.42 Å². The number of amides is 1. The number of aryl methyl sites for hydroxylation is 1. The fourth-order valence-electron chi connectivity index (χ4n) is 3.41. The van der Waals surface area contributed by atoms with E-state index in [-0.39, 0.29) is 11.3 Å². The van der Waals surface area contributed by atoms with Crippen molar-refractivity contribution in [3.05, 3.63) is 60.2 Å². The van der Waals surface area contributed by atoms with Crippen molar-refractivity contribution >= 4 is 27.6 Å². The highest BCUT2D eigenvalue weighted by atomic mass is 32.2. The topological polar surface area (TPSA) is 92.8 Å². The lowest BCUT2D eigenvalue weighted by atomic mass is 10.1. The zero-order chi connectivity index (χ0) is 22.3. The first kappa shape index (κ1) is 23.0. The van der Waals surface area contributed by atoms with Gasteiger partial charge in [-0.3, -0.25) is 9.59 Å². The predicted molar refractivity (Wildman–Crippen MR) is 118 cm³/mol. The highest BCUT2D eigenvalue weighted by Gasteiger charge is 2.26. The SMILES string of the molecule is CC(OC(=O)CCc1ccccc1)C(=O)Nc1ccc(S(=O)(=O)N2CCCCC2)cc1. The van der Waals surface area contributed by atoms with Gasteiger partial charge in [-0.05, 0) is 56.0 Å². The Morgan fingerprint density at radius 1 is 1.00 bits per heavy atom. The van der Waals surface area contributed by atoms with Gasteiger partial charge in [0.05, 0.1) is 4.90 Å². The standard InChI is InChI=1S/C23H28N2O5S/c1-18(30-22(26)15-10-19-8-4-2-5-9-19)23(27)24-20-11-13-21(14-12-20)31(28,29)25-16-6-3-7-17-25/h2,4-5,8-9,11-14,18H,3,6-7,10,15-17H2,1H3,(H,24,27). The zero-order valence-corrected chi connectivity index (χ0v) is 18.4. The normalized spacial score (nSPS) is 15.8. The molecule has 1 saturated heterocycles. The maximum Gasteiger partial charge on any atom is 0.306 e. The van der Waals surface area contributed by atoms with E-state index in [1.807, 2.05) is 30.3 Å². The molecule has 2 aromatic rings. The maximum atomic E-state index is 12.7. The smallest absolute Gasteiger partial charge is 0.306 e. The van der Waals surface area contributed by atoms with Gasteiger partial charge in [0.15, 0.2) is 6.10 Å². The summed E-state index contributed by atoms with van der Waals surface area (Å²) in [6.07, 6.45) is 2.56. The summed E-state index contributed by atoms with van der Waals surface area (Å²) in [5, 5.41) is 2.65. The van der Waals surface area contributed by atoms with Crippen molar-refractivity contribution in [1.82, 2.24) is 4.31 Å². The van der Waals surface area contributed by atoms with Gasteiger partial charge in [-0.1, -0.05) is 36.8 Å². The second kappa shape index (κ2) is 10.5. The number of sulfonamides is 1. The van der Waals surface area contributed by atoms with E-state index in [9.17, 15) is 18.0 Å². The molecule has 1 aliphatic heterocycles. The molecule has 0 spiro atoms. The van der Waals surface area contributed by atoms with Crippen LogP contribution in [0.1, 0.15) is 38.2 Å². The summed E-state index contributed by atoms with van der Waals surface area (Å²) in [7, 11) is -3.52. The van der Waals surface area contributed by atoms with Crippen LogP contribution in [0.3, 0.4) is 0 Å². The number of anilines is 1. The molecule has 1 N–H and O–H groups in total. The summed E-state index contributed by atoms with van der Waals surface area (Å²) in [5.74, 6) is -0.922. The molecule has 1 aliphatic rings.